The van der Waals surface area contributed by atoms with Crippen molar-refractivity contribution in [3.05, 3.63) is 45.5 Å². The number of rotatable bonds is 3. The van der Waals surface area contributed by atoms with Crippen LogP contribution < -0.4 is 0 Å². The lowest BCUT2D eigenvalue weighted by molar-refractivity contribution is -0.156. The summed E-state index contributed by atoms with van der Waals surface area (Å²) in [4.78, 5) is 12.1. The van der Waals surface area contributed by atoms with Crippen molar-refractivity contribution in [1.82, 2.24) is 0 Å². The molecule has 2 aliphatic rings. The van der Waals surface area contributed by atoms with E-state index in [0.29, 0.717) is 35.7 Å². The van der Waals surface area contributed by atoms with Gasteiger partial charge in [-0.15, -0.1) is 0 Å². The van der Waals surface area contributed by atoms with Gasteiger partial charge in [0.25, 0.3) is 0 Å². The molecule has 0 aromatic heterocycles. The van der Waals surface area contributed by atoms with Crippen LogP contribution >= 0.6 is 23.2 Å². The molecular formula is C23H32Cl2O3. The number of allylic oxidation sites excluding steroid dienone is 6. The van der Waals surface area contributed by atoms with Crippen LogP contribution in [0, 0.1) is 5.92 Å². The van der Waals surface area contributed by atoms with Gasteiger partial charge >= 0.3 is 5.97 Å². The highest BCUT2D eigenvalue weighted by molar-refractivity contribution is 6.36. The molecule has 2 rings (SSSR count). The van der Waals surface area contributed by atoms with Crippen molar-refractivity contribution in [2.45, 2.75) is 83.8 Å². The van der Waals surface area contributed by atoms with E-state index in [2.05, 4.69) is 6.58 Å². The Kier molecular flexibility index (Phi) is 8.42. The normalized spacial score (nSPS) is 26.4. The Morgan fingerprint density at radius 3 is 2.79 bits per heavy atom. The van der Waals surface area contributed by atoms with E-state index in [0.717, 1.165) is 42.4 Å². The van der Waals surface area contributed by atoms with E-state index in [4.69, 9.17) is 27.9 Å². The molecule has 0 bridgehead atoms. The van der Waals surface area contributed by atoms with Gasteiger partial charge in [0.15, 0.2) is 0 Å². The van der Waals surface area contributed by atoms with Gasteiger partial charge in [0.1, 0.15) is 5.60 Å². The molecule has 1 fully saturated rings. The molecule has 1 saturated carbocycles. The van der Waals surface area contributed by atoms with Crippen molar-refractivity contribution in [2.75, 3.05) is 0 Å². The van der Waals surface area contributed by atoms with Gasteiger partial charge in [-0.05, 0) is 65.2 Å². The van der Waals surface area contributed by atoms with Crippen molar-refractivity contribution >= 4 is 29.2 Å². The molecule has 3 nitrogen and oxygen atoms in total. The summed E-state index contributed by atoms with van der Waals surface area (Å²) in [7, 11) is 0. The van der Waals surface area contributed by atoms with Gasteiger partial charge in [-0.1, -0.05) is 53.1 Å². The molecule has 0 aromatic rings. The van der Waals surface area contributed by atoms with E-state index in [1.165, 1.54) is 0 Å². The van der Waals surface area contributed by atoms with Crippen molar-refractivity contribution in [3.8, 4) is 0 Å². The second-order valence-electron chi connectivity index (χ2n) is 8.95. The number of aliphatic hydroxyl groups excluding tert-OH is 1. The molecule has 0 spiro atoms. The molecule has 156 valence electrons. The number of aliphatic hydroxyl groups is 1. The van der Waals surface area contributed by atoms with Crippen molar-refractivity contribution in [1.29, 1.82) is 0 Å². The lowest BCUT2D eigenvalue weighted by Gasteiger charge is -2.26. The van der Waals surface area contributed by atoms with E-state index in [1.54, 1.807) is 0 Å². The molecule has 28 heavy (non-hydrogen) atoms. The Balaban J connectivity index is 2.04. The zero-order chi connectivity index (χ0) is 20.9. The first-order chi connectivity index (χ1) is 13.0. The zero-order valence-electron chi connectivity index (χ0n) is 17.2. The van der Waals surface area contributed by atoms with E-state index < -0.39 is 11.7 Å². The number of carbonyl (C=O) groups is 1. The average molecular weight is 427 g/mol. The minimum Gasteiger partial charge on any atom is -0.460 e. The predicted molar refractivity (Wildman–Crippen MR) is 116 cm³/mol. The average Bonchev–Trinajstić information content (AvgIpc) is 2.63. The minimum atomic E-state index is -0.484. The Morgan fingerprint density at radius 1 is 1.39 bits per heavy atom. The fourth-order valence-corrected chi connectivity index (χ4v) is 4.40. The van der Waals surface area contributed by atoms with Gasteiger partial charge in [0, 0.05) is 28.5 Å². The largest absolute Gasteiger partial charge is 0.460 e. The summed E-state index contributed by atoms with van der Waals surface area (Å²) in [6.45, 7) is 9.63. The Hall–Kier alpha value is -1.03. The predicted octanol–water partition coefficient (Wildman–Crippen LogP) is 6.55. The fourth-order valence-electron chi connectivity index (χ4n) is 3.76. The van der Waals surface area contributed by atoms with Crippen LogP contribution in [0.5, 0.6) is 0 Å². The molecule has 0 heterocycles. The second kappa shape index (κ2) is 10.1. The minimum absolute atomic E-state index is 0.152. The van der Waals surface area contributed by atoms with E-state index in [1.807, 2.05) is 32.9 Å². The summed E-state index contributed by atoms with van der Waals surface area (Å²) < 4.78 is 5.43. The maximum Gasteiger partial charge on any atom is 0.306 e. The third-order valence-corrected chi connectivity index (χ3v) is 5.66. The molecule has 0 aromatic carbocycles. The number of ether oxygens (including phenoxy) is 1. The van der Waals surface area contributed by atoms with E-state index in [9.17, 15) is 9.90 Å². The highest BCUT2D eigenvalue weighted by Crippen LogP contribution is 2.35. The monoisotopic (exact) mass is 426 g/mol. The van der Waals surface area contributed by atoms with Crippen molar-refractivity contribution in [2.24, 2.45) is 5.92 Å². The molecule has 5 heteroatoms. The highest BCUT2D eigenvalue weighted by Gasteiger charge is 2.25. The maximum absolute atomic E-state index is 12.1. The molecule has 2 aliphatic carbocycles. The van der Waals surface area contributed by atoms with Crippen molar-refractivity contribution < 1.29 is 14.6 Å². The van der Waals surface area contributed by atoms with Gasteiger partial charge in [0.2, 0.25) is 0 Å². The first-order valence-corrected chi connectivity index (χ1v) is 10.8. The summed E-state index contributed by atoms with van der Waals surface area (Å²) in [5.74, 6) is -0.0347. The summed E-state index contributed by atoms with van der Waals surface area (Å²) in [6.07, 6.45) is 9.12. The molecule has 1 N–H and O–H groups in total. The number of hydrogen-bond acceptors (Lipinski definition) is 3. The number of hydrogen-bond donors (Lipinski definition) is 1. The Labute approximate surface area is 179 Å². The molecule has 2 unspecified atom stereocenters. The fraction of sp³-hybridized carbons (Fsp3) is 0.609. The van der Waals surface area contributed by atoms with Crippen molar-refractivity contribution in [3.63, 3.8) is 0 Å². The van der Waals surface area contributed by atoms with Gasteiger partial charge in [0.05, 0.1) is 6.10 Å². The van der Waals surface area contributed by atoms with Crippen LogP contribution in [0.2, 0.25) is 0 Å². The third-order valence-electron chi connectivity index (χ3n) is 4.96. The van der Waals surface area contributed by atoms with Gasteiger partial charge in [-0.25, -0.2) is 0 Å². The third kappa shape index (κ3) is 7.77. The van der Waals surface area contributed by atoms with Crippen LogP contribution in [0.25, 0.3) is 0 Å². The van der Waals surface area contributed by atoms with Gasteiger partial charge in [-0.3, -0.25) is 4.79 Å². The second-order valence-corrected chi connectivity index (χ2v) is 9.81. The van der Waals surface area contributed by atoms with Crippen LogP contribution in [0.3, 0.4) is 0 Å². The standard InChI is InChI=1S/C23H32Cl2O3/c1-15-8-9-20(24)19(21(25)10-15)13-16-6-5-7-17(12-18(26)11-16)14-22(27)28-23(2,3)4/h9,13,17-18,26H,1,5-8,10-12,14H2,2-4H3/b16-13-. The summed E-state index contributed by atoms with van der Waals surface area (Å²) in [6, 6.07) is 0. The van der Waals surface area contributed by atoms with Gasteiger partial charge in [-0.2, -0.15) is 0 Å². The van der Waals surface area contributed by atoms with Crippen LogP contribution in [0.15, 0.2) is 45.5 Å². The molecular weight excluding hydrogens is 395 g/mol. The highest BCUT2D eigenvalue weighted by atomic mass is 35.5. The molecule has 0 amide bonds. The van der Waals surface area contributed by atoms with Gasteiger partial charge < -0.3 is 9.84 Å². The SMILES string of the molecule is C=C1CC=C(Cl)C(/C=C2/CCCC(CC(=O)OC(C)(C)C)CC(O)C2)=C(Cl)C1. The van der Waals surface area contributed by atoms with Crippen LogP contribution in [0.1, 0.15) is 72.1 Å². The molecule has 0 aliphatic heterocycles. The number of esters is 1. The smallest absolute Gasteiger partial charge is 0.306 e. The molecule has 0 radical (unpaired) electrons. The topological polar surface area (TPSA) is 46.5 Å². The summed E-state index contributed by atoms with van der Waals surface area (Å²) in [5.41, 5.74) is 2.56. The Morgan fingerprint density at radius 2 is 2.11 bits per heavy atom. The lowest BCUT2D eigenvalue weighted by Crippen LogP contribution is -2.27. The summed E-state index contributed by atoms with van der Waals surface area (Å²) >= 11 is 12.9. The first-order valence-electron chi connectivity index (χ1n) is 10.0. The Bertz CT molecular complexity index is 695. The molecule has 2 atom stereocenters. The molecule has 0 saturated heterocycles. The number of carbonyl (C=O) groups excluding carboxylic acids is 1. The zero-order valence-corrected chi connectivity index (χ0v) is 18.7. The first kappa shape index (κ1) is 23.3. The van der Waals surface area contributed by atoms with E-state index in [-0.39, 0.29) is 11.9 Å². The van der Waals surface area contributed by atoms with Crippen LogP contribution in [-0.2, 0) is 9.53 Å². The maximum atomic E-state index is 12.1. The lowest BCUT2D eigenvalue weighted by atomic mass is 9.85. The number of halogens is 2. The van der Waals surface area contributed by atoms with Crippen LogP contribution in [-0.4, -0.2) is 22.8 Å². The van der Waals surface area contributed by atoms with Crippen LogP contribution in [0.4, 0.5) is 0 Å². The quantitative estimate of drug-likeness (QED) is 0.410. The summed E-state index contributed by atoms with van der Waals surface area (Å²) in [5, 5.41) is 11.9. The van der Waals surface area contributed by atoms with E-state index >= 15 is 0 Å².